The normalized spacial score (nSPS) is 18.4. The molecule has 10 heteroatoms. The number of aryl methyl sites for hydroxylation is 1. The minimum atomic E-state index is -4.61. The molecule has 0 aromatic carbocycles. The van der Waals surface area contributed by atoms with Crippen molar-refractivity contribution in [1.29, 1.82) is 0 Å². The minimum absolute atomic E-state index is 0.134. The molecule has 1 unspecified atom stereocenters. The lowest BCUT2D eigenvalue weighted by Crippen LogP contribution is -2.21. The van der Waals surface area contributed by atoms with Crippen molar-refractivity contribution in [3.8, 4) is 0 Å². The zero-order valence-corrected chi connectivity index (χ0v) is 16.2. The predicted octanol–water partition coefficient (Wildman–Crippen LogP) is 4.07. The van der Waals surface area contributed by atoms with E-state index in [2.05, 4.69) is 15.2 Å². The second kappa shape index (κ2) is 6.29. The van der Waals surface area contributed by atoms with Gasteiger partial charge in [0.2, 0.25) is 0 Å². The topological polar surface area (TPSA) is 65.6 Å². The van der Waals surface area contributed by atoms with Gasteiger partial charge in [0.15, 0.2) is 11.2 Å². The Labute approximate surface area is 168 Å². The monoisotopic (exact) mass is 423 g/mol. The fourth-order valence-corrected chi connectivity index (χ4v) is 4.26. The van der Waals surface area contributed by atoms with Gasteiger partial charge in [-0.2, -0.15) is 23.4 Å². The Morgan fingerprint density at radius 2 is 1.93 bits per heavy atom. The highest BCUT2D eigenvalue weighted by atomic mass is 35.5. The first-order valence-corrected chi connectivity index (χ1v) is 9.80. The van der Waals surface area contributed by atoms with E-state index in [0.29, 0.717) is 16.5 Å². The third-order valence-electron chi connectivity index (χ3n) is 5.62. The van der Waals surface area contributed by atoms with Crippen molar-refractivity contribution < 1.29 is 13.2 Å². The first-order chi connectivity index (χ1) is 13.8. The molecule has 1 atom stereocenters. The molecule has 5 rings (SSSR count). The van der Waals surface area contributed by atoms with Crippen LogP contribution in [0.25, 0.3) is 10.9 Å². The lowest BCUT2D eigenvalue weighted by atomic mass is 9.90. The van der Waals surface area contributed by atoms with Crippen LogP contribution in [-0.4, -0.2) is 24.5 Å². The molecule has 6 nitrogen and oxygen atoms in total. The third kappa shape index (κ3) is 3.11. The zero-order chi connectivity index (χ0) is 20.5. The van der Waals surface area contributed by atoms with Crippen molar-refractivity contribution in [2.45, 2.75) is 43.8 Å². The van der Waals surface area contributed by atoms with Crippen molar-refractivity contribution in [3.63, 3.8) is 0 Å². The van der Waals surface area contributed by atoms with Crippen LogP contribution in [0.5, 0.6) is 0 Å². The second-order valence-corrected chi connectivity index (χ2v) is 8.22. The molecule has 29 heavy (non-hydrogen) atoms. The van der Waals surface area contributed by atoms with E-state index in [9.17, 15) is 18.0 Å². The molecule has 0 saturated heterocycles. The molecule has 0 spiro atoms. The van der Waals surface area contributed by atoms with Crippen LogP contribution in [0.1, 0.15) is 54.6 Å². The highest BCUT2D eigenvalue weighted by Gasteiger charge is 2.40. The number of pyridine rings is 1. The number of rotatable bonds is 4. The second-order valence-electron chi connectivity index (χ2n) is 7.81. The van der Waals surface area contributed by atoms with Gasteiger partial charge in [-0.25, -0.2) is 4.68 Å². The van der Waals surface area contributed by atoms with Gasteiger partial charge in [0.25, 0.3) is 5.56 Å². The Bertz CT molecular complexity index is 1180. The van der Waals surface area contributed by atoms with Crippen LogP contribution in [0.4, 0.5) is 13.2 Å². The molecule has 0 amide bonds. The van der Waals surface area contributed by atoms with Gasteiger partial charge in [0, 0.05) is 24.5 Å². The Morgan fingerprint density at radius 3 is 2.52 bits per heavy atom. The molecule has 3 heterocycles. The summed E-state index contributed by atoms with van der Waals surface area (Å²) < 4.78 is 42.2. The van der Waals surface area contributed by atoms with Crippen LogP contribution in [0, 0.1) is 5.92 Å². The van der Waals surface area contributed by atoms with Gasteiger partial charge < -0.3 is 0 Å². The van der Waals surface area contributed by atoms with E-state index in [4.69, 9.17) is 11.6 Å². The standard InChI is InChI=1S/C19H17ClF3N5O/c1-27-16(12-8-25-28(11-4-5-11)18(29)15(12)26-27)14(9-2-3-9)10-6-13(20)17(24-7-10)19(21,22)23/h6-9,11,14H,2-5H2,1H3. The van der Waals surface area contributed by atoms with Crippen LogP contribution in [-0.2, 0) is 13.2 Å². The average Bonchev–Trinajstić information content (AvgIpc) is 3.54. The Kier molecular flexibility index (Phi) is 4.03. The summed E-state index contributed by atoms with van der Waals surface area (Å²) in [7, 11) is 1.74. The van der Waals surface area contributed by atoms with Gasteiger partial charge in [0.1, 0.15) is 0 Å². The Balaban J connectivity index is 1.65. The smallest absolute Gasteiger partial charge is 0.271 e. The quantitative estimate of drug-likeness (QED) is 0.634. The van der Waals surface area contributed by atoms with E-state index in [-0.39, 0.29) is 23.4 Å². The van der Waals surface area contributed by atoms with E-state index in [1.165, 1.54) is 16.9 Å². The molecule has 3 aromatic rings. The number of aromatic nitrogens is 5. The van der Waals surface area contributed by atoms with Crippen LogP contribution in [0.15, 0.2) is 23.3 Å². The molecule has 2 saturated carbocycles. The fourth-order valence-electron chi connectivity index (χ4n) is 3.98. The first-order valence-electron chi connectivity index (χ1n) is 9.42. The van der Waals surface area contributed by atoms with E-state index in [1.807, 2.05) is 0 Å². The lowest BCUT2D eigenvalue weighted by Gasteiger charge is -2.19. The molecule has 0 N–H and O–H groups in total. The Morgan fingerprint density at radius 1 is 1.21 bits per heavy atom. The average molecular weight is 424 g/mol. The maximum Gasteiger partial charge on any atom is 0.434 e. The highest BCUT2D eigenvalue weighted by Crippen LogP contribution is 2.48. The van der Waals surface area contributed by atoms with Crippen LogP contribution >= 0.6 is 11.6 Å². The Hall–Kier alpha value is -2.42. The fraction of sp³-hybridized carbons (Fsp3) is 0.474. The summed E-state index contributed by atoms with van der Waals surface area (Å²) in [6.45, 7) is 0. The highest BCUT2D eigenvalue weighted by molar-refractivity contribution is 6.31. The predicted molar refractivity (Wildman–Crippen MR) is 99.9 cm³/mol. The summed E-state index contributed by atoms with van der Waals surface area (Å²) in [5.41, 5.74) is 0.349. The number of hydrogen-bond donors (Lipinski definition) is 0. The van der Waals surface area contributed by atoms with Crippen LogP contribution in [0.2, 0.25) is 5.02 Å². The third-order valence-corrected chi connectivity index (χ3v) is 5.91. The van der Waals surface area contributed by atoms with Crippen molar-refractivity contribution in [2.75, 3.05) is 0 Å². The number of nitrogens with zero attached hydrogens (tertiary/aromatic N) is 5. The van der Waals surface area contributed by atoms with E-state index in [0.717, 1.165) is 31.4 Å². The number of hydrogen-bond acceptors (Lipinski definition) is 4. The molecule has 2 aliphatic rings. The van der Waals surface area contributed by atoms with Gasteiger partial charge in [0.05, 0.1) is 23.0 Å². The minimum Gasteiger partial charge on any atom is -0.271 e. The molecule has 0 aliphatic heterocycles. The summed E-state index contributed by atoms with van der Waals surface area (Å²) in [6.07, 6.45) is 1.99. The summed E-state index contributed by atoms with van der Waals surface area (Å²) in [6, 6.07) is 1.47. The van der Waals surface area contributed by atoms with E-state index in [1.54, 1.807) is 17.9 Å². The SMILES string of the molecule is Cn1nc2c(=O)n(C3CC3)ncc2c1C(c1cnc(C(F)(F)F)c(Cl)c1)C1CC1. The molecule has 0 radical (unpaired) electrons. The van der Waals surface area contributed by atoms with Gasteiger partial charge >= 0.3 is 6.18 Å². The lowest BCUT2D eigenvalue weighted by molar-refractivity contribution is -0.141. The van der Waals surface area contributed by atoms with Crippen molar-refractivity contribution >= 4 is 22.5 Å². The first kappa shape index (κ1) is 18.6. The zero-order valence-electron chi connectivity index (χ0n) is 15.4. The van der Waals surface area contributed by atoms with Gasteiger partial charge in [-0.1, -0.05) is 11.6 Å². The maximum absolute atomic E-state index is 13.0. The van der Waals surface area contributed by atoms with Crippen LogP contribution < -0.4 is 5.56 Å². The van der Waals surface area contributed by atoms with Gasteiger partial charge in [-0.15, -0.1) is 0 Å². The van der Waals surface area contributed by atoms with E-state index >= 15 is 0 Å². The van der Waals surface area contributed by atoms with Crippen molar-refractivity contribution in [3.05, 3.63) is 50.8 Å². The molecule has 2 fully saturated rings. The molecular weight excluding hydrogens is 407 g/mol. The molecule has 2 aliphatic carbocycles. The number of halogens is 4. The van der Waals surface area contributed by atoms with Crippen LogP contribution in [0.3, 0.4) is 0 Å². The summed E-state index contributed by atoms with van der Waals surface area (Å²) in [4.78, 5) is 16.4. The molecule has 152 valence electrons. The summed E-state index contributed by atoms with van der Waals surface area (Å²) >= 11 is 5.92. The number of fused-ring (bicyclic) bond motifs is 1. The maximum atomic E-state index is 13.0. The largest absolute Gasteiger partial charge is 0.434 e. The summed E-state index contributed by atoms with van der Waals surface area (Å²) in [5, 5.41) is 8.95. The molecule has 0 bridgehead atoms. The number of alkyl halides is 3. The van der Waals surface area contributed by atoms with Crippen molar-refractivity contribution in [2.24, 2.45) is 13.0 Å². The van der Waals surface area contributed by atoms with Gasteiger partial charge in [-0.05, 0) is 43.2 Å². The van der Waals surface area contributed by atoms with E-state index < -0.39 is 16.9 Å². The molecular formula is C19H17ClF3N5O. The van der Waals surface area contributed by atoms with Gasteiger partial charge in [-0.3, -0.25) is 14.5 Å². The van der Waals surface area contributed by atoms with Crippen molar-refractivity contribution in [1.82, 2.24) is 24.5 Å². The summed E-state index contributed by atoms with van der Waals surface area (Å²) in [5.74, 6) is -0.0238. The molecule has 3 aromatic heterocycles.